The van der Waals surface area contributed by atoms with E-state index in [4.69, 9.17) is 20.9 Å². The van der Waals surface area contributed by atoms with Gasteiger partial charge in [0.15, 0.2) is 0 Å². The van der Waals surface area contributed by atoms with Gasteiger partial charge in [-0.25, -0.2) is 13.6 Å². The van der Waals surface area contributed by atoms with Crippen LogP contribution in [0.2, 0.25) is 0 Å². The number of hydrogen-bond donors (Lipinski definition) is 2. The molecule has 0 aromatic heterocycles. The molecule has 0 saturated carbocycles. The molecule has 0 saturated heterocycles. The first kappa shape index (κ1) is 14.8. The zero-order chi connectivity index (χ0) is 15.5. The first-order valence-electron chi connectivity index (χ1n) is 5.96. The molecule has 4 N–H and O–H groups in total. The molecule has 2 aromatic carbocycles. The fourth-order valence-electron chi connectivity index (χ4n) is 1.72. The molecule has 2 aromatic rings. The molecule has 108 valence electrons. The molecule has 0 bridgehead atoms. The van der Waals surface area contributed by atoms with E-state index >= 15 is 0 Å². The van der Waals surface area contributed by atoms with Crippen LogP contribution in [0.1, 0.15) is 5.56 Å². The Kier molecular flexibility index (Phi) is 4.12. The number of primary sulfonamides is 1. The van der Waals surface area contributed by atoms with Crippen molar-refractivity contribution in [2.75, 3.05) is 5.73 Å². The SMILES string of the molecule is N#CCc1ccc(Oc2ccc(N)cc2S(N)(=O)=O)cc1. The van der Waals surface area contributed by atoms with Crippen molar-refractivity contribution in [3.8, 4) is 17.6 Å². The summed E-state index contributed by atoms with van der Waals surface area (Å²) in [7, 11) is -3.94. The molecule has 7 heteroatoms. The Morgan fingerprint density at radius 3 is 2.38 bits per heavy atom. The maximum Gasteiger partial charge on any atom is 0.241 e. The number of nitrogen functional groups attached to an aromatic ring is 1. The minimum Gasteiger partial charge on any atom is -0.456 e. The normalized spacial score (nSPS) is 10.9. The summed E-state index contributed by atoms with van der Waals surface area (Å²) in [5.41, 5.74) is 6.68. The predicted molar refractivity (Wildman–Crippen MR) is 78.1 cm³/mol. The summed E-state index contributed by atoms with van der Waals surface area (Å²) in [6.45, 7) is 0. The minimum atomic E-state index is -3.94. The number of anilines is 1. The number of rotatable bonds is 4. The Hall–Kier alpha value is -2.56. The van der Waals surface area contributed by atoms with Gasteiger partial charge in [-0.05, 0) is 35.9 Å². The average Bonchev–Trinajstić information content (AvgIpc) is 2.42. The van der Waals surface area contributed by atoms with Gasteiger partial charge in [-0.2, -0.15) is 5.26 Å². The van der Waals surface area contributed by atoms with Gasteiger partial charge in [0.2, 0.25) is 10.0 Å². The number of benzene rings is 2. The third-order valence-electron chi connectivity index (χ3n) is 2.71. The highest BCUT2D eigenvalue weighted by Crippen LogP contribution is 2.29. The lowest BCUT2D eigenvalue weighted by atomic mass is 10.2. The second-order valence-corrected chi connectivity index (χ2v) is 5.86. The van der Waals surface area contributed by atoms with Gasteiger partial charge in [0, 0.05) is 5.69 Å². The number of hydrogen-bond acceptors (Lipinski definition) is 5. The second kappa shape index (κ2) is 5.83. The van der Waals surface area contributed by atoms with Gasteiger partial charge in [0.05, 0.1) is 12.5 Å². The Bertz CT molecular complexity index is 793. The van der Waals surface area contributed by atoms with E-state index in [2.05, 4.69) is 0 Å². The van der Waals surface area contributed by atoms with Gasteiger partial charge in [0.25, 0.3) is 0 Å². The van der Waals surface area contributed by atoms with Crippen molar-refractivity contribution in [2.45, 2.75) is 11.3 Å². The van der Waals surface area contributed by atoms with Crippen molar-refractivity contribution in [1.82, 2.24) is 0 Å². The topological polar surface area (TPSA) is 119 Å². The summed E-state index contributed by atoms with van der Waals surface area (Å²) in [5, 5.41) is 13.7. The van der Waals surface area contributed by atoms with Gasteiger partial charge >= 0.3 is 0 Å². The van der Waals surface area contributed by atoms with Gasteiger partial charge in [0.1, 0.15) is 16.4 Å². The molecule has 0 amide bonds. The van der Waals surface area contributed by atoms with Crippen LogP contribution in [0.5, 0.6) is 11.5 Å². The van der Waals surface area contributed by atoms with Crippen LogP contribution in [0.4, 0.5) is 5.69 Å². The molecule has 0 heterocycles. The lowest BCUT2D eigenvalue weighted by Crippen LogP contribution is -2.13. The molecule has 0 aliphatic carbocycles. The highest BCUT2D eigenvalue weighted by atomic mass is 32.2. The molecule has 0 radical (unpaired) electrons. The maximum atomic E-state index is 11.5. The number of nitriles is 1. The van der Waals surface area contributed by atoms with Gasteiger partial charge in [-0.3, -0.25) is 0 Å². The van der Waals surface area contributed by atoms with Crippen LogP contribution in [-0.4, -0.2) is 8.42 Å². The lowest BCUT2D eigenvalue weighted by Gasteiger charge is -2.10. The summed E-state index contributed by atoms with van der Waals surface area (Å²) in [4.78, 5) is -0.177. The average molecular weight is 303 g/mol. The molecule has 0 spiro atoms. The van der Waals surface area contributed by atoms with E-state index in [-0.39, 0.29) is 16.3 Å². The Balaban J connectivity index is 2.34. The van der Waals surface area contributed by atoms with Crippen molar-refractivity contribution in [2.24, 2.45) is 5.14 Å². The van der Waals surface area contributed by atoms with Crippen LogP contribution in [0.15, 0.2) is 47.4 Å². The zero-order valence-electron chi connectivity index (χ0n) is 11.0. The Morgan fingerprint density at radius 2 is 1.81 bits per heavy atom. The summed E-state index contributed by atoms with van der Waals surface area (Å²) in [6, 6.07) is 13.0. The van der Waals surface area contributed by atoms with Crippen LogP contribution in [0.3, 0.4) is 0 Å². The quantitative estimate of drug-likeness (QED) is 0.834. The number of nitrogens with zero attached hydrogens (tertiary/aromatic N) is 1. The fraction of sp³-hybridized carbons (Fsp3) is 0.0714. The van der Waals surface area contributed by atoms with Crippen LogP contribution < -0.4 is 15.6 Å². The summed E-state index contributed by atoms with van der Waals surface area (Å²) >= 11 is 0. The molecule has 0 aliphatic heterocycles. The molecule has 0 aliphatic rings. The van der Waals surface area contributed by atoms with Crippen LogP contribution >= 0.6 is 0 Å². The van der Waals surface area contributed by atoms with E-state index in [1.807, 2.05) is 6.07 Å². The third-order valence-corrected chi connectivity index (χ3v) is 3.64. The molecule has 6 nitrogen and oxygen atoms in total. The van der Waals surface area contributed by atoms with Crippen molar-refractivity contribution < 1.29 is 13.2 Å². The monoisotopic (exact) mass is 303 g/mol. The zero-order valence-corrected chi connectivity index (χ0v) is 11.8. The molecule has 0 unspecified atom stereocenters. The Labute approximate surface area is 122 Å². The number of sulfonamides is 1. The predicted octanol–water partition coefficient (Wildman–Crippen LogP) is 1.77. The van der Waals surface area contributed by atoms with Gasteiger partial charge in [-0.15, -0.1) is 0 Å². The first-order chi connectivity index (χ1) is 9.90. The molecule has 21 heavy (non-hydrogen) atoms. The summed E-state index contributed by atoms with van der Waals surface area (Å²) in [6.07, 6.45) is 0.296. The van der Waals surface area contributed by atoms with E-state index in [9.17, 15) is 8.42 Å². The largest absolute Gasteiger partial charge is 0.456 e. The minimum absolute atomic E-state index is 0.0970. The standard InChI is InChI=1S/C14H13N3O3S/c15-8-7-10-1-4-12(5-2-10)20-13-6-3-11(16)9-14(13)21(17,18)19/h1-6,9H,7,16H2,(H2,17,18,19). The van der Waals surface area contributed by atoms with Crippen LogP contribution in [0.25, 0.3) is 0 Å². The van der Waals surface area contributed by atoms with Crippen LogP contribution in [-0.2, 0) is 16.4 Å². The molecule has 2 rings (SSSR count). The van der Waals surface area contributed by atoms with Crippen molar-refractivity contribution in [1.29, 1.82) is 5.26 Å². The fourth-order valence-corrected chi connectivity index (χ4v) is 2.42. The number of ether oxygens (including phenoxy) is 1. The van der Waals surface area contributed by atoms with E-state index in [1.54, 1.807) is 24.3 Å². The highest BCUT2D eigenvalue weighted by Gasteiger charge is 2.16. The summed E-state index contributed by atoms with van der Waals surface area (Å²) < 4.78 is 28.6. The molecular formula is C14H13N3O3S. The van der Waals surface area contributed by atoms with E-state index < -0.39 is 10.0 Å². The second-order valence-electron chi connectivity index (χ2n) is 4.33. The van der Waals surface area contributed by atoms with Gasteiger partial charge < -0.3 is 10.5 Å². The van der Waals surface area contributed by atoms with Crippen molar-refractivity contribution in [3.05, 3.63) is 48.0 Å². The third kappa shape index (κ3) is 3.72. The number of nitrogens with two attached hydrogens (primary N) is 2. The van der Waals surface area contributed by atoms with E-state index in [0.717, 1.165) is 5.56 Å². The van der Waals surface area contributed by atoms with E-state index in [0.29, 0.717) is 12.2 Å². The van der Waals surface area contributed by atoms with Crippen molar-refractivity contribution in [3.63, 3.8) is 0 Å². The lowest BCUT2D eigenvalue weighted by molar-refractivity contribution is 0.467. The highest BCUT2D eigenvalue weighted by molar-refractivity contribution is 7.89. The van der Waals surface area contributed by atoms with Crippen LogP contribution in [0, 0.1) is 11.3 Å². The van der Waals surface area contributed by atoms with E-state index in [1.165, 1.54) is 18.2 Å². The van der Waals surface area contributed by atoms with Gasteiger partial charge in [-0.1, -0.05) is 12.1 Å². The maximum absolute atomic E-state index is 11.5. The first-order valence-corrected chi connectivity index (χ1v) is 7.51. The summed E-state index contributed by atoms with van der Waals surface area (Å²) in [5.74, 6) is 0.533. The van der Waals surface area contributed by atoms with Crippen molar-refractivity contribution >= 4 is 15.7 Å². The molecule has 0 atom stereocenters. The molecule has 0 fully saturated rings. The molecular weight excluding hydrogens is 290 g/mol. The Morgan fingerprint density at radius 1 is 1.14 bits per heavy atom. The smallest absolute Gasteiger partial charge is 0.241 e.